The van der Waals surface area contributed by atoms with E-state index in [0.717, 1.165) is 18.5 Å². The van der Waals surface area contributed by atoms with Gasteiger partial charge in [0, 0.05) is 5.69 Å². The minimum Gasteiger partial charge on any atom is -0.306 e. The molecule has 4 nitrogen and oxygen atoms in total. The second-order valence-corrected chi connectivity index (χ2v) is 4.30. The normalized spacial score (nSPS) is 26.0. The van der Waals surface area contributed by atoms with Crippen LogP contribution < -0.4 is 5.32 Å². The molecule has 0 spiro atoms. The van der Waals surface area contributed by atoms with Crippen molar-refractivity contribution in [2.45, 2.75) is 25.0 Å². The molecular weight excluding hydrogens is 216 g/mol. The predicted octanol–water partition coefficient (Wildman–Crippen LogP) is 2.55. The lowest BCUT2D eigenvalue weighted by Gasteiger charge is -2.39. The summed E-state index contributed by atoms with van der Waals surface area (Å²) in [6, 6.07) is 9.28. The van der Waals surface area contributed by atoms with Gasteiger partial charge in [0.2, 0.25) is 0 Å². The van der Waals surface area contributed by atoms with Crippen LogP contribution in [0.4, 0.5) is 10.5 Å². The molecule has 4 heteroatoms. The Bertz CT molecular complexity index is 444. The molecule has 3 aliphatic rings. The van der Waals surface area contributed by atoms with Crippen molar-refractivity contribution in [3.63, 3.8) is 0 Å². The number of amides is 2. The third-order valence-corrected chi connectivity index (χ3v) is 3.07. The van der Waals surface area contributed by atoms with Crippen LogP contribution in [0.15, 0.2) is 42.5 Å². The highest BCUT2D eigenvalue weighted by Crippen LogP contribution is 2.27. The summed E-state index contributed by atoms with van der Waals surface area (Å²) in [7, 11) is 0. The van der Waals surface area contributed by atoms with Gasteiger partial charge < -0.3 is 5.32 Å². The van der Waals surface area contributed by atoms with Gasteiger partial charge in [-0.05, 0) is 25.0 Å². The fourth-order valence-corrected chi connectivity index (χ4v) is 2.19. The highest BCUT2D eigenvalue weighted by atomic mass is 16.7. The molecule has 2 atom stereocenters. The van der Waals surface area contributed by atoms with E-state index in [0.29, 0.717) is 0 Å². The number of hydrogen-bond donors (Lipinski definition) is 1. The third-order valence-electron chi connectivity index (χ3n) is 3.07. The van der Waals surface area contributed by atoms with Crippen LogP contribution in [0, 0.1) is 0 Å². The van der Waals surface area contributed by atoms with Crippen LogP contribution in [0.3, 0.4) is 0 Å². The van der Waals surface area contributed by atoms with Gasteiger partial charge >= 0.3 is 6.03 Å². The van der Waals surface area contributed by atoms with E-state index >= 15 is 0 Å². The minimum atomic E-state index is -0.199. The van der Waals surface area contributed by atoms with Crippen molar-refractivity contribution in [3.05, 3.63) is 42.5 Å². The molecule has 0 saturated carbocycles. The highest BCUT2D eigenvalue weighted by molar-refractivity contribution is 5.89. The average Bonchev–Trinajstić information content (AvgIpc) is 2.41. The number of carbonyl (C=O) groups excluding carboxylic acids is 1. The number of rotatable bonds is 1. The summed E-state index contributed by atoms with van der Waals surface area (Å²) in [5.41, 5.74) is 0.784. The molecule has 1 fully saturated rings. The van der Waals surface area contributed by atoms with Crippen LogP contribution in [0.25, 0.3) is 0 Å². The second-order valence-electron chi connectivity index (χ2n) is 4.30. The molecule has 1 aromatic rings. The van der Waals surface area contributed by atoms with Crippen LogP contribution in [0.5, 0.6) is 0 Å². The molecule has 2 amide bonds. The van der Waals surface area contributed by atoms with Crippen LogP contribution in [0.2, 0.25) is 0 Å². The molecule has 2 heterocycles. The van der Waals surface area contributed by atoms with Gasteiger partial charge in [0.25, 0.3) is 0 Å². The van der Waals surface area contributed by atoms with Crippen molar-refractivity contribution in [2.24, 2.45) is 0 Å². The van der Waals surface area contributed by atoms with Gasteiger partial charge in [0.05, 0.1) is 6.04 Å². The van der Waals surface area contributed by atoms with E-state index in [-0.39, 0.29) is 18.2 Å². The standard InChI is InChI=1S/C13H14N2O2/c16-13(14-10-4-2-1-3-5-10)15-11-6-8-12(17-15)9-7-11/h1-6,8,11-12H,7,9H2,(H,14,16). The molecule has 2 bridgehead atoms. The Kier molecular flexibility index (Phi) is 2.57. The lowest BCUT2D eigenvalue weighted by atomic mass is 9.98. The maximum absolute atomic E-state index is 12.0. The average molecular weight is 230 g/mol. The molecule has 1 saturated heterocycles. The maximum Gasteiger partial charge on any atom is 0.346 e. The number of para-hydroxylation sites is 1. The van der Waals surface area contributed by atoms with Gasteiger partial charge in [-0.15, -0.1) is 0 Å². The van der Waals surface area contributed by atoms with Crippen molar-refractivity contribution < 1.29 is 9.63 Å². The number of nitrogens with one attached hydrogen (secondary N) is 1. The third kappa shape index (κ3) is 2.03. The van der Waals surface area contributed by atoms with E-state index in [1.807, 2.05) is 42.5 Å². The van der Waals surface area contributed by atoms with E-state index in [1.165, 1.54) is 5.06 Å². The Labute approximate surface area is 99.8 Å². The molecule has 2 aliphatic heterocycles. The minimum absolute atomic E-state index is 0.0570. The van der Waals surface area contributed by atoms with E-state index in [4.69, 9.17) is 4.84 Å². The lowest BCUT2D eigenvalue weighted by Crippen LogP contribution is -2.50. The van der Waals surface area contributed by atoms with E-state index in [2.05, 4.69) is 5.32 Å². The summed E-state index contributed by atoms with van der Waals surface area (Å²) in [6.07, 6.45) is 6.10. The Hall–Kier alpha value is -1.81. The van der Waals surface area contributed by atoms with E-state index < -0.39 is 0 Å². The molecule has 17 heavy (non-hydrogen) atoms. The summed E-state index contributed by atoms with van der Waals surface area (Å²) in [5, 5.41) is 4.27. The summed E-state index contributed by atoms with van der Waals surface area (Å²) in [4.78, 5) is 17.6. The zero-order valence-corrected chi connectivity index (χ0v) is 9.37. The molecular formula is C13H14N2O2. The first kappa shape index (κ1) is 10.4. The van der Waals surface area contributed by atoms with Crippen LogP contribution in [0.1, 0.15) is 12.8 Å². The quantitative estimate of drug-likeness (QED) is 0.753. The van der Waals surface area contributed by atoms with Crippen molar-refractivity contribution in [1.82, 2.24) is 5.06 Å². The Morgan fingerprint density at radius 1 is 1.24 bits per heavy atom. The maximum atomic E-state index is 12.0. The molecule has 1 N–H and O–H groups in total. The number of carbonyl (C=O) groups is 1. The topological polar surface area (TPSA) is 41.6 Å². The molecule has 2 unspecified atom stereocenters. The van der Waals surface area contributed by atoms with Gasteiger partial charge in [-0.3, -0.25) is 4.84 Å². The van der Waals surface area contributed by atoms with Crippen LogP contribution in [-0.4, -0.2) is 23.2 Å². The van der Waals surface area contributed by atoms with E-state index in [9.17, 15) is 4.79 Å². The summed E-state index contributed by atoms with van der Waals surface area (Å²) < 4.78 is 0. The van der Waals surface area contributed by atoms with Crippen LogP contribution >= 0.6 is 0 Å². The zero-order chi connectivity index (χ0) is 11.7. The van der Waals surface area contributed by atoms with Gasteiger partial charge in [0.1, 0.15) is 6.10 Å². The summed E-state index contributed by atoms with van der Waals surface area (Å²) in [5.74, 6) is 0. The van der Waals surface area contributed by atoms with Crippen LogP contribution in [-0.2, 0) is 4.84 Å². The first-order chi connectivity index (χ1) is 8.33. The SMILES string of the molecule is O=C(Nc1ccccc1)N1OC2C=CC1CC2. The number of urea groups is 1. The van der Waals surface area contributed by atoms with Crippen molar-refractivity contribution in [2.75, 3.05) is 5.32 Å². The summed E-state index contributed by atoms with van der Waals surface area (Å²) >= 11 is 0. The Morgan fingerprint density at radius 3 is 2.65 bits per heavy atom. The van der Waals surface area contributed by atoms with Crippen molar-refractivity contribution in [1.29, 1.82) is 0 Å². The monoisotopic (exact) mass is 230 g/mol. The lowest BCUT2D eigenvalue weighted by molar-refractivity contribution is -0.192. The molecule has 88 valence electrons. The predicted molar refractivity (Wildman–Crippen MR) is 64.3 cm³/mol. The fraction of sp³-hybridized carbons (Fsp3) is 0.308. The summed E-state index contributed by atoms with van der Waals surface area (Å²) in [6.45, 7) is 0. The molecule has 0 radical (unpaired) electrons. The molecule has 1 aromatic carbocycles. The smallest absolute Gasteiger partial charge is 0.306 e. The van der Waals surface area contributed by atoms with Gasteiger partial charge in [-0.1, -0.05) is 30.4 Å². The number of nitrogens with zero attached hydrogens (tertiary/aromatic N) is 1. The Morgan fingerprint density at radius 2 is 2.06 bits per heavy atom. The zero-order valence-electron chi connectivity index (χ0n) is 9.37. The molecule has 0 aromatic heterocycles. The number of hydroxylamine groups is 2. The second kappa shape index (κ2) is 4.22. The van der Waals surface area contributed by atoms with Gasteiger partial charge in [-0.25, -0.2) is 4.79 Å². The Balaban J connectivity index is 1.70. The fourth-order valence-electron chi connectivity index (χ4n) is 2.19. The number of hydrogen-bond acceptors (Lipinski definition) is 2. The largest absolute Gasteiger partial charge is 0.346 e. The van der Waals surface area contributed by atoms with Gasteiger partial charge in [-0.2, -0.15) is 5.06 Å². The molecule has 4 rings (SSSR count). The van der Waals surface area contributed by atoms with Crippen molar-refractivity contribution in [3.8, 4) is 0 Å². The number of fused-ring (bicyclic) bond motifs is 2. The van der Waals surface area contributed by atoms with E-state index in [1.54, 1.807) is 0 Å². The number of anilines is 1. The molecule has 1 aliphatic carbocycles. The first-order valence-electron chi connectivity index (χ1n) is 5.83. The highest BCUT2D eigenvalue weighted by Gasteiger charge is 2.34. The van der Waals surface area contributed by atoms with Crippen molar-refractivity contribution >= 4 is 11.7 Å². The number of benzene rings is 1. The van der Waals surface area contributed by atoms with Gasteiger partial charge in [0.15, 0.2) is 0 Å². The first-order valence-corrected chi connectivity index (χ1v) is 5.83.